The first kappa shape index (κ1) is 14.9. The van der Waals surface area contributed by atoms with Gasteiger partial charge in [-0.25, -0.2) is 0 Å². The summed E-state index contributed by atoms with van der Waals surface area (Å²) < 4.78 is 0. The van der Waals surface area contributed by atoms with Gasteiger partial charge in [-0.05, 0) is 72.7 Å². The fraction of sp³-hybridized carbons (Fsp3) is 0.278. The number of benzene rings is 2. The Morgan fingerprint density at radius 3 is 2.73 bits per heavy atom. The first-order valence-corrected chi connectivity index (χ1v) is 7.59. The third-order valence-corrected chi connectivity index (χ3v) is 4.43. The van der Waals surface area contributed by atoms with Crippen molar-refractivity contribution < 1.29 is 4.79 Å². The lowest BCUT2D eigenvalue weighted by Crippen LogP contribution is -2.12. The number of fused-ring (bicyclic) bond motifs is 2. The zero-order valence-electron chi connectivity index (χ0n) is 12.3. The van der Waals surface area contributed by atoms with E-state index in [9.17, 15) is 4.79 Å². The van der Waals surface area contributed by atoms with Gasteiger partial charge in [-0.3, -0.25) is 4.79 Å². The average molecular weight is 315 g/mol. The minimum Gasteiger partial charge on any atom is -0.384 e. The molecule has 2 N–H and O–H groups in total. The number of carbonyl (C=O) groups excluding carboxylic acids is 1. The molecular weight excluding hydrogens is 296 g/mol. The van der Waals surface area contributed by atoms with Gasteiger partial charge in [0, 0.05) is 23.5 Å². The largest absolute Gasteiger partial charge is 0.384 e. The van der Waals surface area contributed by atoms with Crippen LogP contribution in [-0.2, 0) is 19.3 Å². The predicted octanol–water partition coefficient (Wildman–Crippen LogP) is 3.82. The normalized spacial score (nSPS) is 14.5. The zero-order valence-corrected chi connectivity index (χ0v) is 13.1. The van der Waals surface area contributed by atoms with E-state index in [1.165, 1.54) is 29.5 Å². The molecule has 0 fully saturated rings. The Morgan fingerprint density at radius 2 is 1.82 bits per heavy atom. The quantitative estimate of drug-likeness (QED) is 0.885. The third-order valence-electron chi connectivity index (χ3n) is 4.43. The van der Waals surface area contributed by atoms with Gasteiger partial charge in [0.25, 0.3) is 5.91 Å². The molecule has 3 nitrogen and oxygen atoms in total. The molecule has 1 amide bonds. The predicted molar refractivity (Wildman–Crippen MR) is 92.3 cm³/mol. The van der Waals surface area contributed by atoms with Crippen LogP contribution in [0.3, 0.4) is 0 Å². The van der Waals surface area contributed by atoms with Crippen LogP contribution in [0, 0.1) is 0 Å². The number of amides is 1. The highest BCUT2D eigenvalue weighted by atomic mass is 35.5. The van der Waals surface area contributed by atoms with Gasteiger partial charge in [0.1, 0.15) is 0 Å². The van der Waals surface area contributed by atoms with Crippen LogP contribution >= 0.6 is 12.4 Å². The molecule has 2 aromatic carbocycles. The summed E-state index contributed by atoms with van der Waals surface area (Å²) in [6.45, 7) is 0.964. The fourth-order valence-corrected chi connectivity index (χ4v) is 3.30. The summed E-state index contributed by atoms with van der Waals surface area (Å²) in [5.41, 5.74) is 6.83. The van der Waals surface area contributed by atoms with Crippen LogP contribution in [-0.4, -0.2) is 12.5 Å². The first-order chi connectivity index (χ1) is 10.3. The monoisotopic (exact) mass is 314 g/mol. The maximum Gasteiger partial charge on any atom is 0.255 e. The highest BCUT2D eigenvalue weighted by molar-refractivity contribution is 6.04. The van der Waals surface area contributed by atoms with Crippen molar-refractivity contribution in [2.75, 3.05) is 17.2 Å². The van der Waals surface area contributed by atoms with Crippen molar-refractivity contribution in [2.24, 2.45) is 0 Å². The third kappa shape index (κ3) is 2.69. The fourth-order valence-electron chi connectivity index (χ4n) is 3.30. The molecule has 0 saturated heterocycles. The van der Waals surface area contributed by atoms with E-state index in [2.05, 4.69) is 22.8 Å². The molecule has 0 radical (unpaired) electrons. The molecule has 1 heterocycles. The molecular formula is C18H19ClN2O. The number of halogens is 1. The van der Waals surface area contributed by atoms with Gasteiger partial charge in [-0.2, -0.15) is 0 Å². The van der Waals surface area contributed by atoms with E-state index >= 15 is 0 Å². The van der Waals surface area contributed by atoms with Crippen molar-refractivity contribution in [1.29, 1.82) is 0 Å². The molecule has 4 rings (SSSR count). The van der Waals surface area contributed by atoms with Gasteiger partial charge in [0.05, 0.1) is 0 Å². The van der Waals surface area contributed by atoms with E-state index in [1.807, 2.05) is 24.3 Å². The Bertz CT molecular complexity index is 727. The number of hydrogen-bond donors (Lipinski definition) is 2. The zero-order chi connectivity index (χ0) is 14.2. The summed E-state index contributed by atoms with van der Waals surface area (Å²) >= 11 is 0. The second-order valence-corrected chi connectivity index (χ2v) is 5.84. The molecule has 0 aromatic heterocycles. The van der Waals surface area contributed by atoms with Crippen LogP contribution in [0.25, 0.3) is 0 Å². The van der Waals surface area contributed by atoms with Crippen LogP contribution < -0.4 is 10.6 Å². The summed E-state index contributed by atoms with van der Waals surface area (Å²) in [6.07, 6.45) is 4.52. The van der Waals surface area contributed by atoms with E-state index in [0.29, 0.717) is 0 Å². The van der Waals surface area contributed by atoms with E-state index < -0.39 is 0 Å². The first-order valence-electron chi connectivity index (χ1n) is 7.59. The second-order valence-electron chi connectivity index (χ2n) is 5.84. The molecule has 22 heavy (non-hydrogen) atoms. The SMILES string of the molecule is Cl.O=C(Nc1ccc2c(c1)CCC2)c1ccc2c(c1)CCN2. The molecule has 0 spiro atoms. The summed E-state index contributed by atoms with van der Waals surface area (Å²) in [6, 6.07) is 12.2. The van der Waals surface area contributed by atoms with Gasteiger partial charge in [0.2, 0.25) is 0 Å². The molecule has 4 heteroatoms. The van der Waals surface area contributed by atoms with Crippen LogP contribution in [0.15, 0.2) is 36.4 Å². The van der Waals surface area contributed by atoms with Gasteiger partial charge in [-0.15, -0.1) is 12.4 Å². The lowest BCUT2D eigenvalue weighted by Gasteiger charge is -2.08. The summed E-state index contributed by atoms with van der Waals surface area (Å²) in [5.74, 6) is -0.0253. The second kappa shape index (κ2) is 6.01. The van der Waals surface area contributed by atoms with Crippen LogP contribution in [0.5, 0.6) is 0 Å². The van der Waals surface area contributed by atoms with Gasteiger partial charge in [0.15, 0.2) is 0 Å². The van der Waals surface area contributed by atoms with Crippen molar-refractivity contribution >= 4 is 29.7 Å². The molecule has 0 saturated carbocycles. The minimum atomic E-state index is -0.0253. The van der Waals surface area contributed by atoms with E-state index in [4.69, 9.17) is 0 Å². The van der Waals surface area contributed by atoms with E-state index in [-0.39, 0.29) is 18.3 Å². The maximum atomic E-state index is 12.4. The highest BCUT2D eigenvalue weighted by Gasteiger charge is 2.15. The molecule has 2 aromatic rings. The minimum absolute atomic E-state index is 0. The lowest BCUT2D eigenvalue weighted by molar-refractivity contribution is 0.102. The maximum absolute atomic E-state index is 12.4. The Hall–Kier alpha value is -2.00. The number of anilines is 2. The molecule has 0 atom stereocenters. The van der Waals surface area contributed by atoms with Crippen molar-refractivity contribution in [3.63, 3.8) is 0 Å². The van der Waals surface area contributed by atoms with Crippen LogP contribution in [0.1, 0.15) is 33.5 Å². The Kier molecular flexibility index (Phi) is 4.08. The molecule has 0 unspecified atom stereocenters. The van der Waals surface area contributed by atoms with Crippen molar-refractivity contribution in [1.82, 2.24) is 0 Å². The standard InChI is InChI=1S/C18H18N2O.ClH/c21-18(15-5-7-17-14(10-15)8-9-19-17)20-16-6-4-12-2-1-3-13(12)11-16;/h4-7,10-11,19H,1-3,8-9H2,(H,20,21);1H. The number of rotatable bonds is 2. The Labute approximate surface area is 136 Å². The average Bonchev–Trinajstić information content (AvgIpc) is 3.14. The van der Waals surface area contributed by atoms with Crippen molar-refractivity contribution in [3.8, 4) is 0 Å². The highest BCUT2D eigenvalue weighted by Crippen LogP contribution is 2.26. The summed E-state index contributed by atoms with van der Waals surface area (Å²) in [5, 5.41) is 6.33. The molecule has 2 aliphatic rings. The van der Waals surface area contributed by atoms with Crippen LogP contribution in [0.2, 0.25) is 0 Å². The van der Waals surface area contributed by atoms with Gasteiger partial charge >= 0.3 is 0 Å². The van der Waals surface area contributed by atoms with E-state index in [1.54, 1.807) is 0 Å². The summed E-state index contributed by atoms with van der Waals surface area (Å²) in [4.78, 5) is 12.4. The smallest absolute Gasteiger partial charge is 0.255 e. The molecule has 114 valence electrons. The van der Waals surface area contributed by atoms with E-state index in [0.717, 1.165) is 36.3 Å². The van der Waals surface area contributed by atoms with Crippen molar-refractivity contribution in [2.45, 2.75) is 25.7 Å². The number of aryl methyl sites for hydroxylation is 2. The van der Waals surface area contributed by atoms with Gasteiger partial charge < -0.3 is 10.6 Å². The number of carbonyl (C=O) groups is 1. The molecule has 1 aliphatic carbocycles. The summed E-state index contributed by atoms with van der Waals surface area (Å²) in [7, 11) is 0. The topological polar surface area (TPSA) is 41.1 Å². The lowest BCUT2D eigenvalue weighted by atomic mass is 10.1. The molecule has 0 bridgehead atoms. The number of hydrogen-bond acceptors (Lipinski definition) is 2. The Morgan fingerprint density at radius 1 is 0.955 bits per heavy atom. The van der Waals surface area contributed by atoms with Crippen molar-refractivity contribution in [3.05, 3.63) is 58.7 Å². The Balaban J connectivity index is 0.00000144. The van der Waals surface area contributed by atoms with Gasteiger partial charge in [-0.1, -0.05) is 6.07 Å². The molecule has 1 aliphatic heterocycles. The van der Waals surface area contributed by atoms with Crippen LogP contribution in [0.4, 0.5) is 11.4 Å². The number of nitrogens with one attached hydrogen (secondary N) is 2.